The summed E-state index contributed by atoms with van der Waals surface area (Å²) in [4.78, 5) is 24.8. The van der Waals surface area contributed by atoms with Crippen LogP contribution in [0.25, 0.3) is 22.0 Å². The molecule has 1 fully saturated rings. The van der Waals surface area contributed by atoms with Crippen molar-refractivity contribution in [2.24, 2.45) is 5.92 Å². The third-order valence-electron chi connectivity index (χ3n) is 4.67. The van der Waals surface area contributed by atoms with Gasteiger partial charge in [0.15, 0.2) is 0 Å². The number of nitrogens with two attached hydrogens (primary N) is 1. The molecule has 146 valence electrons. The molecule has 1 saturated carbocycles. The molecule has 0 aromatic carbocycles. The predicted octanol–water partition coefficient (Wildman–Crippen LogP) is 3.34. The van der Waals surface area contributed by atoms with E-state index in [9.17, 15) is 4.79 Å². The molecule has 0 atom stereocenters. The highest BCUT2D eigenvalue weighted by Crippen LogP contribution is 2.31. The molecular formula is C21H21N7O. The highest BCUT2D eigenvalue weighted by Gasteiger charge is 2.29. The van der Waals surface area contributed by atoms with Crippen molar-refractivity contribution in [3.8, 4) is 11.3 Å². The molecule has 4 aromatic heterocycles. The van der Waals surface area contributed by atoms with E-state index in [0.717, 1.165) is 40.4 Å². The fraction of sp³-hybridized carbons (Fsp3) is 0.190. The van der Waals surface area contributed by atoms with E-state index in [2.05, 4.69) is 30.5 Å². The summed E-state index contributed by atoms with van der Waals surface area (Å²) in [5.74, 6) is 1.13. The summed E-state index contributed by atoms with van der Waals surface area (Å²) in [5, 5.41) is 10.7. The number of nitrogen functional groups attached to an aromatic ring is 1. The Morgan fingerprint density at radius 2 is 2.10 bits per heavy atom. The van der Waals surface area contributed by atoms with Crippen molar-refractivity contribution >= 4 is 28.3 Å². The fourth-order valence-corrected chi connectivity index (χ4v) is 2.90. The number of aromatic amines is 1. The fourth-order valence-electron chi connectivity index (χ4n) is 2.90. The molecule has 0 unspecified atom stereocenters. The van der Waals surface area contributed by atoms with Crippen molar-refractivity contribution in [1.29, 1.82) is 0 Å². The van der Waals surface area contributed by atoms with Gasteiger partial charge in [0, 0.05) is 47.9 Å². The van der Waals surface area contributed by atoms with E-state index in [1.165, 1.54) is 0 Å². The van der Waals surface area contributed by atoms with Crippen molar-refractivity contribution in [3.05, 3.63) is 60.8 Å². The number of carbonyl (C=O) groups excluding carboxylic acids is 1. The van der Waals surface area contributed by atoms with E-state index in [-0.39, 0.29) is 11.8 Å². The Labute approximate surface area is 167 Å². The zero-order valence-electron chi connectivity index (χ0n) is 16.0. The van der Waals surface area contributed by atoms with Crippen LogP contribution in [0.3, 0.4) is 0 Å². The molecule has 0 radical (unpaired) electrons. The summed E-state index contributed by atoms with van der Waals surface area (Å²) in [6, 6.07) is 7.55. The van der Waals surface area contributed by atoms with E-state index in [1.807, 2.05) is 31.2 Å². The standard InChI is InChI=1S/C18H17N5O.C3H4N2/c1-10-4-5-20-8-13(10)15-6-12-7-16(23-18(24)11-2-3-11)21-9-14(12)17(19)22-15;1-2-4-5-3-1/h4-9,11H,2-3H2,1H3,(H2,19,22)(H,21,23,24);1-3H,(H,4,5). The summed E-state index contributed by atoms with van der Waals surface area (Å²) >= 11 is 0. The molecule has 0 spiro atoms. The Morgan fingerprint density at radius 1 is 1.24 bits per heavy atom. The second kappa shape index (κ2) is 8.05. The lowest BCUT2D eigenvalue weighted by molar-refractivity contribution is -0.117. The van der Waals surface area contributed by atoms with Gasteiger partial charge in [-0.1, -0.05) is 0 Å². The first kappa shape index (κ1) is 18.5. The van der Waals surface area contributed by atoms with Gasteiger partial charge in [-0.2, -0.15) is 5.10 Å². The minimum Gasteiger partial charge on any atom is -0.383 e. The molecule has 29 heavy (non-hydrogen) atoms. The molecular weight excluding hydrogens is 366 g/mol. The number of aryl methyl sites for hydroxylation is 1. The number of nitrogens with one attached hydrogen (secondary N) is 2. The van der Waals surface area contributed by atoms with Crippen molar-refractivity contribution in [3.63, 3.8) is 0 Å². The van der Waals surface area contributed by atoms with Gasteiger partial charge in [0.25, 0.3) is 0 Å². The van der Waals surface area contributed by atoms with E-state index >= 15 is 0 Å². The number of rotatable bonds is 3. The number of hydrogen-bond acceptors (Lipinski definition) is 6. The van der Waals surface area contributed by atoms with Crippen molar-refractivity contribution in [1.82, 2.24) is 25.1 Å². The highest BCUT2D eigenvalue weighted by atomic mass is 16.2. The van der Waals surface area contributed by atoms with E-state index < -0.39 is 0 Å². The van der Waals surface area contributed by atoms with Crippen molar-refractivity contribution in [2.45, 2.75) is 19.8 Å². The lowest BCUT2D eigenvalue weighted by atomic mass is 10.1. The minimum atomic E-state index is 0.0344. The van der Waals surface area contributed by atoms with Crippen LogP contribution in [0.2, 0.25) is 0 Å². The summed E-state index contributed by atoms with van der Waals surface area (Å²) in [6.45, 7) is 2.01. The van der Waals surface area contributed by atoms with E-state index in [0.29, 0.717) is 11.6 Å². The van der Waals surface area contributed by atoms with Crippen LogP contribution in [0.5, 0.6) is 0 Å². The number of pyridine rings is 3. The van der Waals surface area contributed by atoms with Crippen LogP contribution < -0.4 is 11.1 Å². The summed E-state index contributed by atoms with van der Waals surface area (Å²) in [7, 11) is 0. The maximum atomic E-state index is 11.9. The quantitative estimate of drug-likeness (QED) is 0.495. The van der Waals surface area contributed by atoms with Gasteiger partial charge in [-0.25, -0.2) is 9.97 Å². The SMILES string of the molecule is Cc1ccncc1-c1cc2cc(NC(=O)C3CC3)ncc2c(N)n1.c1cn[nH]c1. The number of fused-ring (bicyclic) bond motifs is 1. The van der Waals surface area contributed by atoms with Crippen LogP contribution in [0, 0.1) is 12.8 Å². The van der Waals surface area contributed by atoms with Crippen LogP contribution in [0.1, 0.15) is 18.4 Å². The average Bonchev–Trinajstić information content (AvgIpc) is 3.40. The Hall–Kier alpha value is -3.81. The number of hydrogen-bond donors (Lipinski definition) is 3. The van der Waals surface area contributed by atoms with E-state index in [1.54, 1.807) is 31.0 Å². The third-order valence-corrected chi connectivity index (χ3v) is 4.67. The molecule has 8 nitrogen and oxygen atoms in total. The molecule has 1 amide bonds. The molecule has 8 heteroatoms. The smallest absolute Gasteiger partial charge is 0.228 e. The first-order valence-corrected chi connectivity index (χ1v) is 9.33. The molecule has 0 saturated heterocycles. The predicted molar refractivity (Wildman–Crippen MR) is 112 cm³/mol. The first-order valence-electron chi connectivity index (χ1n) is 9.33. The van der Waals surface area contributed by atoms with Gasteiger partial charge in [0.1, 0.15) is 11.6 Å². The monoisotopic (exact) mass is 387 g/mol. The van der Waals surface area contributed by atoms with Gasteiger partial charge < -0.3 is 11.1 Å². The summed E-state index contributed by atoms with van der Waals surface area (Å²) in [6.07, 6.45) is 10.6. The Bertz CT molecular complexity index is 1120. The van der Waals surface area contributed by atoms with Crippen LogP contribution in [-0.4, -0.2) is 31.1 Å². The highest BCUT2D eigenvalue weighted by molar-refractivity contribution is 5.98. The van der Waals surface area contributed by atoms with Gasteiger partial charge >= 0.3 is 0 Å². The Morgan fingerprint density at radius 3 is 2.76 bits per heavy atom. The van der Waals surface area contributed by atoms with Gasteiger partial charge in [-0.05, 0) is 55.0 Å². The topological polar surface area (TPSA) is 122 Å². The lowest BCUT2D eigenvalue weighted by Crippen LogP contribution is -2.14. The first-order chi connectivity index (χ1) is 14.1. The maximum Gasteiger partial charge on any atom is 0.228 e. The van der Waals surface area contributed by atoms with Crippen molar-refractivity contribution < 1.29 is 4.79 Å². The van der Waals surface area contributed by atoms with Gasteiger partial charge in [0.05, 0.1) is 5.69 Å². The van der Waals surface area contributed by atoms with E-state index in [4.69, 9.17) is 5.73 Å². The van der Waals surface area contributed by atoms with Crippen molar-refractivity contribution in [2.75, 3.05) is 11.1 Å². The maximum absolute atomic E-state index is 11.9. The molecule has 1 aliphatic rings. The van der Waals surface area contributed by atoms with Gasteiger partial charge in [-0.3, -0.25) is 14.9 Å². The average molecular weight is 387 g/mol. The second-order valence-corrected chi connectivity index (χ2v) is 6.90. The third kappa shape index (κ3) is 4.37. The van der Waals surface area contributed by atoms with Crippen LogP contribution in [0.4, 0.5) is 11.6 Å². The lowest BCUT2D eigenvalue weighted by Gasteiger charge is -2.10. The number of carbonyl (C=O) groups is 1. The zero-order chi connectivity index (χ0) is 20.2. The molecule has 0 aliphatic heterocycles. The molecule has 5 rings (SSSR count). The minimum absolute atomic E-state index is 0.0344. The number of amides is 1. The van der Waals surface area contributed by atoms with Gasteiger partial charge in [0.2, 0.25) is 5.91 Å². The number of aromatic nitrogens is 5. The molecule has 0 bridgehead atoms. The molecule has 4 N–H and O–H groups in total. The zero-order valence-corrected chi connectivity index (χ0v) is 16.0. The number of nitrogens with zero attached hydrogens (tertiary/aromatic N) is 4. The second-order valence-electron chi connectivity index (χ2n) is 6.90. The number of H-pyrrole nitrogens is 1. The van der Waals surface area contributed by atoms with Gasteiger partial charge in [-0.15, -0.1) is 0 Å². The Kier molecular flexibility index (Phi) is 5.15. The van der Waals surface area contributed by atoms with Crippen LogP contribution in [0.15, 0.2) is 55.2 Å². The van der Waals surface area contributed by atoms with Crippen LogP contribution >= 0.6 is 0 Å². The van der Waals surface area contributed by atoms with Crippen LogP contribution in [-0.2, 0) is 4.79 Å². The number of anilines is 2. The largest absolute Gasteiger partial charge is 0.383 e. The Balaban J connectivity index is 0.000000359. The normalized spacial score (nSPS) is 12.9. The molecule has 4 heterocycles. The summed E-state index contributed by atoms with van der Waals surface area (Å²) < 4.78 is 0. The molecule has 4 aromatic rings. The molecule has 1 aliphatic carbocycles. The summed E-state index contributed by atoms with van der Waals surface area (Å²) in [5.41, 5.74) is 8.87.